The number of rotatable bonds is 3. The van der Waals surface area contributed by atoms with E-state index in [4.69, 9.17) is 6.42 Å². The summed E-state index contributed by atoms with van der Waals surface area (Å²) in [5.74, 6) is 2.63. The molecule has 0 fully saturated rings. The van der Waals surface area contributed by atoms with Gasteiger partial charge in [0.15, 0.2) is 0 Å². The molecule has 0 amide bonds. The lowest BCUT2D eigenvalue weighted by Gasteiger charge is -2.08. The molecular weight excluding hydrogens is 228 g/mol. The molecule has 2 aromatic rings. The summed E-state index contributed by atoms with van der Waals surface area (Å²) in [5, 5.41) is 0. The molecule has 0 aromatic heterocycles. The lowest BCUT2D eigenvalue weighted by Crippen LogP contribution is -1.87. The van der Waals surface area contributed by atoms with E-state index in [1.807, 2.05) is 49.4 Å². The van der Waals surface area contributed by atoms with Crippen molar-refractivity contribution >= 4 is 11.6 Å². The standard InChI is InChI=1S/C19H16/c1-4-16-10-12-18(13-11-16)19(15(2)3)14-17-8-6-5-7-9-17/h1,5-14H,2H2,3H3/b19-14-. The quantitative estimate of drug-likeness (QED) is 0.414. The van der Waals surface area contributed by atoms with Crippen LogP contribution in [0.3, 0.4) is 0 Å². The molecule has 0 N–H and O–H groups in total. The van der Waals surface area contributed by atoms with E-state index in [-0.39, 0.29) is 0 Å². The zero-order valence-electron chi connectivity index (χ0n) is 11.1. The number of allylic oxidation sites excluding steroid dienone is 2. The Morgan fingerprint density at radius 3 is 2.21 bits per heavy atom. The van der Waals surface area contributed by atoms with Crippen LogP contribution in [0.15, 0.2) is 66.7 Å². The van der Waals surface area contributed by atoms with Gasteiger partial charge in [0.2, 0.25) is 0 Å². The van der Waals surface area contributed by atoms with Gasteiger partial charge in [-0.15, -0.1) is 6.42 Å². The summed E-state index contributed by atoms with van der Waals surface area (Å²) in [5.41, 5.74) is 5.37. The van der Waals surface area contributed by atoms with Crippen molar-refractivity contribution in [3.8, 4) is 12.3 Å². The second-order valence-electron chi connectivity index (χ2n) is 4.47. The molecule has 0 spiro atoms. The Morgan fingerprint density at radius 1 is 1.05 bits per heavy atom. The largest absolute Gasteiger partial charge is 0.115 e. The van der Waals surface area contributed by atoms with Gasteiger partial charge in [-0.25, -0.2) is 0 Å². The highest BCUT2D eigenvalue weighted by molar-refractivity contribution is 5.90. The first-order valence-corrected chi connectivity index (χ1v) is 6.20. The summed E-state index contributed by atoms with van der Waals surface area (Å²) in [6.45, 7) is 6.08. The topological polar surface area (TPSA) is 0 Å². The van der Waals surface area contributed by atoms with Crippen LogP contribution in [0.5, 0.6) is 0 Å². The summed E-state index contributed by atoms with van der Waals surface area (Å²) >= 11 is 0. The zero-order chi connectivity index (χ0) is 13.7. The minimum atomic E-state index is 0.893. The molecule has 0 aliphatic rings. The Hall–Kier alpha value is -2.52. The fourth-order valence-electron chi connectivity index (χ4n) is 1.91. The van der Waals surface area contributed by atoms with Gasteiger partial charge in [-0.05, 0) is 41.8 Å². The highest BCUT2D eigenvalue weighted by Crippen LogP contribution is 2.24. The molecule has 0 heterocycles. The molecule has 0 heteroatoms. The summed E-state index contributed by atoms with van der Waals surface area (Å²) in [4.78, 5) is 0. The van der Waals surface area contributed by atoms with E-state index in [1.165, 1.54) is 5.56 Å². The molecule has 0 nitrogen and oxygen atoms in total. The van der Waals surface area contributed by atoms with Crippen LogP contribution in [0.2, 0.25) is 0 Å². The maximum atomic E-state index is 5.38. The second kappa shape index (κ2) is 5.89. The Morgan fingerprint density at radius 2 is 1.68 bits per heavy atom. The monoisotopic (exact) mass is 244 g/mol. The van der Waals surface area contributed by atoms with Crippen LogP contribution in [0, 0.1) is 12.3 Å². The van der Waals surface area contributed by atoms with Gasteiger partial charge in [0, 0.05) is 5.56 Å². The van der Waals surface area contributed by atoms with Crippen molar-refractivity contribution < 1.29 is 0 Å². The smallest absolute Gasteiger partial charge is 0.0243 e. The highest BCUT2D eigenvalue weighted by Gasteiger charge is 2.02. The fraction of sp³-hybridized carbons (Fsp3) is 0.0526. The highest BCUT2D eigenvalue weighted by atomic mass is 14.1. The van der Waals surface area contributed by atoms with E-state index < -0.39 is 0 Å². The second-order valence-corrected chi connectivity index (χ2v) is 4.47. The van der Waals surface area contributed by atoms with Crippen LogP contribution in [0.1, 0.15) is 23.6 Å². The van der Waals surface area contributed by atoms with Gasteiger partial charge in [-0.2, -0.15) is 0 Å². The van der Waals surface area contributed by atoms with Gasteiger partial charge in [0.05, 0.1) is 0 Å². The zero-order valence-corrected chi connectivity index (χ0v) is 11.1. The SMILES string of the molecule is C#Cc1ccc(/C(=C\c2ccccc2)C(=C)C)cc1. The summed E-state index contributed by atoms with van der Waals surface area (Å²) in [6, 6.07) is 18.2. The Labute approximate surface area is 115 Å². The lowest BCUT2D eigenvalue weighted by molar-refractivity contribution is 1.51. The molecule has 0 unspecified atom stereocenters. The third kappa shape index (κ3) is 3.24. The average Bonchev–Trinajstić information content (AvgIpc) is 2.46. The van der Waals surface area contributed by atoms with Crippen molar-refractivity contribution in [1.29, 1.82) is 0 Å². The van der Waals surface area contributed by atoms with Gasteiger partial charge in [0.1, 0.15) is 0 Å². The van der Waals surface area contributed by atoms with E-state index in [0.29, 0.717) is 0 Å². The first kappa shape index (κ1) is 12.9. The molecular formula is C19H16. The van der Waals surface area contributed by atoms with Crippen LogP contribution in [0.4, 0.5) is 0 Å². The predicted molar refractivity (Wildman–Crippen MR) is 83.5 cm³/mol. The minimum absolute atomic E-state index is 0.893. The van der Waals surface area contributed by atoms with Gasteiger partial charge in [-0.3, -0.25) is 0 Å². The number of terminal acetylenes is 1. The Balaban J connectivity index is 2.43. The molecule has 0 radical (unpaired) electrons. The number of hydrogen-bond acceptors (Lipinski definition) is 0. The Kier molecular flexibility index (Phi) is 4.00. The molecule has 2 rings (SSSR count). The van der Waals surface area contributed by atoms with Crippen molar-refractivity contribution in [3.05, 3.63) is 83.4 Å². The minimum Gasteiger partial charge on any atom is -0.115 e. The normalized spacial score (nSPS) is 10.8. The number of hydrogen-bond donors (Lipinski definition) is 0. The van der Waals surface area contributed by atoms with Crippen LogP contribution >= 0.6 is 0 Å². The first-order valence-electron chi connectivity index (χ1n) is 6.20. The fourth-order valence-corrected chi connectivity index (χ4v) is 1.91. The number of benzene rings is 2. The van der Waals surface area contributed by atoms with Gasteiger partial charge < -0.3 is 0 Å². The third-order valence-electron chi connectivity index (χ3n) is 2.93. The molecule has 92 valence electrons. The summed E-state index contributed by atoms with van der Waals surface area (Å²) in [6.07, 6.45) is 7.52. The van der Waals surface area contributed by atoms with Crippen LogP contribution in [0.25, 0.3) is 11.6 Å². The molecule has 2 aromatic carbocycles. The molecule has 0 aliphatic carbocycles. The molecule has 0 aliphatic heterocycles. The third-order valence-corrected chi connectivity index (χ3v) is 2.93. The maximum absolute atomic E-state index is 5.38. The van der Waals surface area contributed by atoms with Crippen LogP contribution in [-0.4, -0.2) is 0 Å². The lowest BCUT2D eigenvalue weighted by atomic mass is 9.97. The first-order chi connectivity index (χ1) is 9.20. The molecule has 0 bridgehead atoms. The van der Waals surface area contributed by atoms with Gasteiger partial charge in [0.25, 0.3) is 0 Å². The van der Waals surface area contributed by atoms with E-state index in [9.17, 15) is 0 Å². The van der Waals surface area contributed by atoms with E-state index >= 15 is 0 Å². The van der Waals surface area contributed by atoms with Gasteiger partial charge in [-0.1, -0.05) is 60.5 Å². The molecule has 0 saturated heterocycles. The van der Waals surface area contributed by atoms with E-state index in [2.05, 4.69) is 30.7 Å². The molecule has 0 atom stereocenters. The van der Waals surface area contributed by atoms with Crippen LogP contribution in [-0.2, 0) is 0 Å². The summed E-state index contributed by atoms with van der Waals surface area (Å²) in [7, 11) is 0. The van der Waals surface area contributed by atoms with Crippen molar-refractivity contribution in [2.45, 2.75) is 6.92 Å². The Bertz CT molecular complexity index is 635. The van der Waals surface area contributed by atoms with Crippen molar-refractivity contribution in [2.24, 2.45) is 0 Å². The van der Waals surface area contributed by atoms with E-state index in [1.54, 1.807) is 0 Å². The maximum Gasteiger partial charge on any atom is 0.0243 e. The molecule has 0 saturated carbocycles. The van der Waals surface area contributed by atoms with E-state index in [0.717, 1.165) is 22.3 Å². The predicted octanol–water partition coefficient (Wildman–Crippen LogP) is 4.78. The average molecular weight is 244 g/mol. The van der Waals surface area contributed by atoms with Crippen molar-refractivity contribution in [1.82, 2.24) is 0 Å². The van der Waals surface area contributed by atoms with Gasteiger partial charge >= 0.3 is 0 Å². The summed E-state index contributed by atoms with van der Waals surface area (Å²) < 4.78 is 0. The van der Waals surface area contributed by atoms with Crippen molar-refractivity contribution in [3.63, 3.8) is 0 Å². The van der Waals surface area contributed by atoms with Crippen molar-refractivity contribution in [2.75, 3.05) is 0 Å². The molecule has 19 heavy (non-hydrogen) atoms. The van der Waals surface area contributed by atoms with Crippen LogP contribution < -0.4 is 0 Å².